The van der Waals surface area contributed by atoms with Gasteiger partial charge in [0.05, 0.1) is 5.69 Å². The van der Waals surface area contributed by atoms with Crippen molar-refractivity contribution in [3.63, 3.8) is 0 Å². The fraction of sp³-hybridized carbons (Fsp3) is 0.269. The Morgan fingerprint density at radius 1 is 0.966 bits per heavy atom. The molecule has 3 aliphatic rings. The van der Waals surface area contributed by atoms with Gasteiger partial charge in [-0.1, -0.05) is 58.8 Å². The van der Waals surface area contributed by atoms with Crippen LogP contribution >= 0.6 is 31.9 Å². The van der Waals surface area contributed by atoms with E-state index < -0.39 is 0 Å². The van der Waals surface area contributed by atoms with Gasteiger partial charge in [0, 0.05) is 16.3 Å². The van der Waals surface area contributed by atoms with Gasteiger partial charge in [0.1, 0.15) is 4.60 Å². The van der Waals surface area contributed by atoms with Crippen molar-refractivity contribution in [1.82, 2.24) is 4.98 Å². The van der Waals surface area contributed by atoms with E-state index in [2.05, 4.69) is 101 Å². The summed E-state index contributed by atoms with van der Waals surface area (Å²) in [5.41, 5.74) is 12.5. The van der Waals surface area contributed by atoms with Gasteiger partial charge in [-0.25, -0.2) is 4.98 Å². The average molecular weight is 509 g/mol. The minimum atomic E-state index is 0.392. The molecule has 146 valence electrons. The van der Waals surface area contributed by atoms with Crippen LogP contribution in [-0.2, 0) is 0 Å². The molecule has 0 amide bonds. The zero-order valence-electron chi connectivity index (χ0n) is 16.9. The summed E-state index contributed by atoms with van der Waals surface area (Å²) in [5, 5.41) is 0. The van der Waals surface area contributed by atoms with Crippen molar-refractivity contribution in [1.29, 1.82) is 0 Å². The largest absolute Gasteiger partial charge is 0.241 e. The molecule has 0 saturated heterocycles. The summed E-state index contributed by atoms with van der Waals surface area (Å²) in [4.78, 5) is 4.75. The van der Waals surface area contributed by atoms with Crippen LogP contribution in [0.4, 0.5) is 0 Å². The van der Waals surface area contributed by atoms with Crippen molar-refractivity contribution in [2.45, 2.75) is 45.4 Å². The van der Waals surface area contributed by atoms with Gasteiger partial charge >= 0.3 is 0 Å². The maximum atomic E-state index is 4.75. The monoisotopic (exact) mass is 507 g/mol. The van der Waals surface area contributed by atoms with Crippen LogP contribution in [0.15, 0.2) is 73.3 Å². The number of aromatic nitrogens is 1. The lowest BCUT2D eigenvalue weighted by molar-refractivity contribution is 0.711. The summed E-state index contributed by atoms with van der Waals surface area (Å²) >= 11 is 7.26. The van der Waals surface area contributed by atoms with Gasteiger partial charge < -0.3 is 0 Å². The zero-order chi connectivity index (χ0) is 20.3. The van der Waals surface area contributed by atoms with E-state index in [9.17, 15) is 0 Å². The normalized spacial score (nSPS) is 22.0. The standard InChI is InChI=1S/C26H23Br2N/c1-14-11-21-16(3)19-9-10-26(28)29-25(19)13-22(21)18(14)8-7-17-15(2)12-23-20(17)5-4-6-24(23)27/h4-6,9-13,16-17H,7-8H2,1-3H3. The lowest BCUT2D eigenvalue weighted by Crippen LogP contribution is -2.09. The van der Waals surface area contributed by atoms with E-state index in [1.54, 1.807) is 0 Å². The molecule has 29 heavy (non-hydrogen) atoms. The molecular formula is C26H23Br2N. The second-order valence-electron chi connectivity index (χ2n) is 8.37. The molecule has 2 unspecified atom stereocenters. The van der Waals surface area contributed by atoms with E-state index in [1.165, 1.54) is 49.0 Å². The summed E-state index contributed by atoms with van der Waals surface area (Å²) < 4.78 is 2.11. The molecule has 3 heteroatoms. The molecule has 3 aliphatic carbocycles. The third kappa shape index (κ3) is 3.14. The number of nitrogens with zero attached hydrogens (tertiary/aromatic N) is 1. The van der Waals surface area contributed by atoms with Crippen molar-refractivity contribution in [3.05, 3.63) is 95.7 Å². The minimum Gasteiger partial charge on any atom is -0.241 e. The topological polar surface area (TPSA) is 12.9 Å². The second-order valence-corrected chi connectivity index (χ2v) is 10.0. The minimum absolute atomic E-state index is 0.392. The highest BCUT2D eigenvalue weighted by Gasteiger charge is 2.31. The van der Waals surface area contributed by atoms with Crippen molar-refractivity contribution >= 4 is 44.0 Å². The third-order valence-corrected chi connectivity index (χ3v) is 7.82. The molecule has 5 rings (SSSR count). The van der Waals surface area contributed by atoms with Crippen molar-refractivity contribution < 1.29 is 0 Å². The van der Waals surface area contributed by atoms with Crippen LogP contribution in [0.25, 0.3) is 12.2 Å². The predicted molar refractivity (Wildman–Crippen MR) is 129 cm³/mol. The molecule has 0 spiro atoms. The average Bonchev–Trinajstić information content (AvgIpc) is 3.17. The molecular weight excluding hydrogens is 486 g/mol. The van der Waals surface area contributed by atoms with Crippen LogP contribution in [0.5, 0.6) is 0 Å². The van der Waals surface area contributed by atoms with Crippen LogP contribution in [0.2, 0.25) is 0 Å². The number of pyridine rings is 1. The lowest BCUT2D eigenvalue weighted by Gasteiger charge is -2.25. The number of benzene rings is 1. The van der Waals surface area contributed by atoms with Gasteiger partial charge in [-0.15, -0.1) is 0 Å². The fourth-order valence-electron chi connectivity index (χ4n) is 5.15. The Balaban J connectivity index is 1.45. The molecule has 0 N–H and O–H groups in total. The van der Waals surface area contributed by atoms with Crippen LogP contribution < -0.4 is 0 Å². The number of allylic oxidation sites excluding steroid dienone is 6. The fourth-order valence-corrected chi connectivity index (χ4v) is 5.97. The molecule has 0 bridgehead atoms. The quantitative estimate of drug-likeness (QED) is 0.379. The summed E-state index contributed by atoms with van der Waals surface area (Å²) in [6.07, 6.45) is 9.29. The van der Waals surface area contributed by atoms with Crippen LogP contribution in [0.3, 0.4) is 0 Å². The maximum absolute atomic E-state index is 4.75. The number of rotatable bonds is 3. The van der Waals surface area contributed by atoms with E-state index >= 15 is 0 Å². The SMILES string of the molecule is CC1=Cc2c(Br)cccc2C1CCC1=C(C)C=C2C1=Cc1nc(Br)ccc1C2C. The zero-order valence-corrected chi connectivity index (χ0v) is 20.1. The van der Waals surface area contributed by atoms with Crippen molar-refractivity contribution in [3.8, 4) is 0 Å². The molecule has 0 fully saturated rings. The highest BCUT2D eigenvalue weighted by molar-refractivity contribution is 9.10. The van der Waals surface area contributed by atoms with Gasteiger partial charge in [0.2, 0.25) is 0 Å². The van der Waals surface area contributed by atoms with Crippen molar-refractivity contribution in [2.75, 3.05) is 0 Å². The first-order valence-corrected chi connectivity index (χ1v) is 11.8. The molecule has 1 aromatic heterocycles. The highest BCUT2D eigenvalue weighted by Crippen LogP contribution is 2.48. The Morgan fingerprint density at radius 3 is 2.62 bits per heavy atom. The van der Waals surface area contributed by atoms with Gasteiger partial charge in [0.25, 0.3) is 0 Å². The summed E-state index contributed by atoms with van der Waals surface area (Å²) in [6.45, 7) is 6.85. The van der Waals surface area contributed by atoms with Crippen molar-refractivity contribution in [2.24, 2.45) is 0 Å². The number of hydrogen-bond acceptors (Lipinski definition) is 1. The third-order valence-electron chi connectivity index (χ3n) is 6.69. The Kier molecular flexibility index (Phi) is 4.79. The van der Waals surface area contributed by atoms with Gasteiger partial charge in [0.15, 0.2) is 0 Å². The second kappa shape index (κ2) is 7.21. The molecule has 1 heterocycles. The van der Waals surface area contributed by atoms with Gasteiger partial charge in [-0.2, -0.15) is 0 Å². The Labute approximate surface area is 189 Å². The first-order chi connectivity index (χ1) is 13.9. The first-order valence-electron chi connectivity index (χ1n) is 10.2. The molecule has 1 aromatic carbocycles. The first kappa shape index (κ1) is 19.3. The maximum Gasteiger partial charge on any atom is 0.106 e. The predicted octanol–water partition coefficient (Wildman–Crippen LogP) is 8.34. The van der Waals surface area contributed by atoms with E-state index in [-0.39, 0.29) is 0 Å². The summed E-state index contributed by atoms with van der Waals surface area (Å²) in [7, 11) is 0. The van der Waals surface area contributed by atoms with E-state index in [1.807, 2.05) is 0 Å². The molecule has 0 radical (unpaired) electrons. The van der Waals surface area contributed by atoms with Crippen LogP contribution in [-0.4, -0.2) is 4.98 Å². The molecule has 2 aromatic rings. The summed E-state index contributed by atoms with van der Waals surface area (Å²) in [5.74, 6) is 0.899. The Hall–Kier alpha value is -1.71. The Morgan fingerprint density at radius 2 is 1.79 bits per heavy atom. The van der Waals surface area contributed by atoms with Gasteiger partial charge in [-0.3, -0.25) is 0 Å². The Bertz CT molecular complexity index is 1160. The molecule has 2 atom stereocenters. The number of hydrogen-bond donors (Lipinski definition) is 0. The molecule has 0 saturated carbocycles. The summed E-state index contributed by atoms with van der Waals surface area (Å²) in [6, 6.07) is 10.8. The van der Waals surface area contributed by atoms with E-state index in [0.29, 0.717) is 11.8 Å². The smallest absolute Gasteiger partial charge is 0.106 e. The molecule has 0 aliphatic heterocycles. The number of halogens is 2. The van der Waals surface area contributed by atoms with Crippen LogP contribution in [0, 0.1) is 0 Å². The van der Waals surface area contributed by atoms with E-state index in [0.717, 1.165) is 23.1 Å². The van der Waals surface area contributed by atoms with Gasteiger partial charge in [-0.05, 0) is 99.8 Å². The van der Waals surface area contributed by atoms with Crippen LogP contribution in [0.1, 0.15) is 67.8 Å². The molecule has 1 nitrogen and oxygen atoms in total. The highest BCUT2D eigenvalue weighted by atomic mass is 79.9. The lowest BCUT2D eigenvalue weighted by atomic mass is 9.80. The number of fused-ring (bicyclic) bond motifs is 3. The van der Waals surface area contributed by atoms with E-state index in [4.69, 9.17) is 4.98 Å².